The van der Waals surface area contributed by atoms with Gasteiger partial charge in [-0.3, -0.25) is 4.79 Å². The van der Waals surface area contributed by atoms with Crippen LogP contribution < -0.4 is 10.2 Å². The smallest absolute Gasteiger partial charge is 0.255 e. The standard InChI is InChI=1S/C19H21ClN2O/c1-14-5-6-15(20)13-18(14)19(23)21-16-7-9-17(10-8-16)22-11-3-2-4-12-22/h5-10,13H,2-4,11-12H2,1H3,(H,21,23). The molecule has 1 aliphatic heterocycles. The number of hydrogen-bond acceptors (Lipinski definition) is 2. The average molecular weight is 329 g/mol. The molecule has 1 N–H and O–H groups in total. The number of carbonyl (C=O) groups excluding carboxylic acids is 1. The van der Waals surface area contributed by atoms with Crippen molar-refractivity contribution in [3.8, 4) is 0 Å². The summed E-state index contributed by atoms with van der Waals surface area (Å²) in [4.78, 5) is 14.8. The Morgan fingerprint density at radius 3 is 2.43 bits per heavy atom. The van der Waals surface area contributed by atoms with Gasteiger partial charge in [-0.05, 0) is 68.1 Å². The topological polar surface area (TPSA) is 32.3 Å². The van der Waals surface area contributed by atoms with Gasteiger partial charge >= 0.3 is 0 Å². The summed E-state index contributed by atoms with van der Waals surface area (Å²) in [6.45, 7) is 4.14. The molecule has 1 saturated heterocycles. The Morgan fingerprint density at radius 1 is 1.04 bits per heavy atom. The van der Waals surface area contributed by atoms with E-state index in [0.29, 0.717) is 10.6 Å². The minimum atomic E-state index is -0.129. The summed E-state index contributed by atoms with van der Waals surface area (Å²) in [5.74, 6) is -0.129. The molecular weight excluding hydrogens is 308 g/mol. The molecule has 0 unspecified atom stereocenters. The van der Waals surface area contributed by atoms with Crippen molar-refractivity contribution in [2.24, 2.45) is 0 Å². The number of aryl methyl sites for hydroxylation is 1. The lowest BCUT2D eigenvalue weighted by Crippen LogP contribution is -2.29. The van der Waals surface area contributed by atoms with Gasteiger partial charge in [-0.2, -0.15) is 0 Å². The molecule has 1 fully saturated rings. The van der Waals surface area contributed by atoms with Crippen LogP contribution in [0, 0.1) is 6.92 Å². The van der Waals surface area contributed by atoms with Crippen LogP contribution in [-0.4, -0.2) is 19.0 Å². The Bertz CT molecular complexity index is 691. The number of nitrogens with one attached hydrogen (secondary N) is 1. The molecule has 0 radical (unpaired) electrons. The van der Waals surface area contributed by atoms with Crippen LogP contribution in [0.3, 0.4) is 0 Å². The first-order valence-corrected chi connectivity index (χ1v) is 8.44. The molecule has 23 heavy (non-hydrogen) atoms. The van der Waals surface area contributed by atoms with E-state index in [1.165, 1.54) is 24.9 Å². The van der Waals surface area contributed by atoms with Crippen molar-refractivity contribution >= 4 is 28.9 Å². The van der Waals surface area contributed by atoms with Crippen LogP contribution in [0.1, 0.15) is 35.2 Å². The molecule has 0 aromatic heterocycles. The van der Waals surface area contributed by atoms with Crippen LogP contribution in [-0.2, 0) is 0 Å². The van der Waals surface area contributed by atoms with Gasteiger partial charge in [-0.15, -0.1) is 0 Å². The number of amides is 1. The van der Waals surface area contributed by atoms with Gasteiger partial charge in [0.05, 0.1) is 0 Å². The summed E-state index contributed by atoms with van der Waals surface area (Å²) in [5.41, 5.74) is 3.55. The number of hydrogen-bond donors (Lipinski definition) is 1. The van der Waals surface area contributed by atoms with Gasteiger partial charge in [-0.1, -0.05) is 17.7 Å². The minimum Gasteiger partial charge on any atom is -0.372 e. The van der Waals surface area contributed by atoms with Gasteiger partial charge in [0.25, 0.3) is 5.91 Å². The monoisotopic (exact) mass is 328 g/mol. The van der Waals surface area contributed by atoms with E-state index in [2.05, 4.69) is 22.3 Å². The lowest BCUT2D eigenvalue weighted by molar-refractivity contribution is 0.102. The fourth-order valence-corrected chi connectivity index (χ4v) is 3.12. The van der Waals surface area contributed by atoms with Gasteiger partial charge in [0.15, 0.2) is 0 Å². The van der Waals surface area contributed by atoms with Gasteiger partial charge in [0, 0.05) is 35.1 Å². The van der Waals surface area contributed by atoms with Gasteiger partial charge in [-0.25, -0.2) is 0 Å². The highest BCUT2D eigenvalue weighted by Gasteiger charge is 2.12. The summed E-state index contributed by atoms with van der Waals surface area (Å²) in [7, 11) is 0. The molecule has 4 heteroatoms. The van der Waals surface area contributed by atoms with Crippen LogP contribution in [0.4, 0.5) is 11.4 Å². The fourth-order valence-electron chi connectivity index (χ4n) is 2.94. The Labute approximate surface area is 142 Å². The highest BCUT2D eigenvalue weighted by atomic mass is 35.5. The van der Waals surface area contributed by atoms with Crippen molar-refractivity contribution in [2.45, 2.75) is 26.2 Å². The molecule has 3 nitrogen and oxygen atoms in total. The number of rotatable bonds is 3. The maximum absolute atomic E-state index is 12.4. The third-order valence-corrected chi connectivity index (χ3v) is 4.53. The maximum atomic E-state index is 12.4. The summed E-state index contributed by atoms with van der Waals surface area (Å²) in [6, 6.07) is 13.4. The van der Waals surface area contributed by atoms with Crippen LogP contribution in [0.2, 0.25) is 5.02 Å². The van der Waals surface area contributed by atoms with E-state index in [9.17, 15) is 4.79 Å². The lowest BCUT2D eigenvalue weighted by Gasteiger charge is -2.28. The van der Waals surface area contributed by atoms with E-state index in [0.717, 1.165) is 24.3 Å². The van der Waals surface area contributed by atoms with E-state index in [1.54, 1.807) is 12.1 Å². The van der Waals surface area contributed by atoms with Crippen LogP contribution in [0.5, 0.6) is 0 Å². The number of anilines is 2. The fraction of sp³-hybridized carbons (Fsp3) is 0.316. The lowest BCUT2D eigenvalue weighted by atomic mass is 10.1. The number of nitrogens with zero attached hydrogens (tertiary/aromatic N) is 1. The molecular formula is C19H21ClN2O. The van der Waals surface area contributed by atoms with E-state index in [1.807, 2.05) is 25.1 Å². The molecule has 120 valence electrons. The number of piperidine rings is 1. The van der Waals surface area contributed by atoms with E-state index < -0.39 is 0 Å². The summed E-state index contributed by atoms with van der Waals surface area (Å²) >= 11 is 5.99. The highest BCUT2D eigenvalue weighted by molar-refractivity contribution is 6.31. The average Bonchev–Trinajstić information content (AvgIpc) is 2.58. The van der Waals surface area contributed by atoms with Crippen molar-refractivity contribution in [3.05, 3.63) is 58.6 Å². The Hall–Kier alpha value is -2.00. The molecule has 1 heterocycles. The van der Waals surface area contributed by atoms with Gasteiger partial charge in [0.1, 0.15) is 0 Å². The second-order valence-corrected chi connectivity index (χ2v) is 6.44. The predicted molar refractivity (Wildman–Crippen MR) is 96.6 cm³/mol. The quantitative estimate of drug-likeness (QED) is 0.870. The van der Waals surface area contributed by atoms with Gasteiger partial charge in [0.2, 0.25) is 0 Å². The summed E-state index contributed by atoms with van der Waals surface area (Å²) < 4.78 is 0. The highest BCUT2D eigenvalue weighted by Crippen LogP contribution is 2.23. The van der Waals surface area contributed by atoms with Crippen molar-refractivity contribution in [1.82, 2.24) is 0 Å². The third-order valence-electron chi connectivity index (χ3n) is 4.29. The van der Waals surface area contributed by atoms with Crippen molar-refractivity contribution in [3.63, 3.8) is 0 Å². The number of carbonyl (C=O) groups is 1. The Balaban J connectivity index is 1.70. The number of halogens is 1. The van der Waals surface area contributed by atoms with Crippen LogP contribution in [0.25, 0.3) is 0 Å². The minimum absolute atomic E-state index is 0.129. The third kappa shape index (κ3) is 3.85. The molecule has 0 spiro atoms. The number of benzene rings is 2. The van der Waals surface area contributed by atoms with Crippen molar-refractivity contribution < 1.29 is 4.79 Å². The normalized spacial score (nSPS) is 14.6. The Kier molecular flexibility index (Phi) is 4.87. The largest absolute Gasteiger partial charge is 0.372 e. The predicted octanol–water partition coefficient (Wildman–Crippen LogP) is 4.89. The van der Waals surface area contributed by atoms with E-state index >= 15 is 0 Å². The molecule has 0 saturated carbocycles. The molecule has 2 aromatic carbocycles. The Morgan fingerprint density at radius 2 is 1.74 bits per heavy atom. The van der Waals surface area contributed by atoms with E-state index in [4.69, 9.17) is 11.6 Å². The molecule has 1 amide bonds. The van der Waals surface area contributed by atoms with Crippen molar-refractivity contribution in [1.29, 1.82) is 0 Å². The molecule has 2 aromatic rings. The zero-order valence-corrected chi connectivity index (χ0v) is 14.1. The summed E-state index contributed by atoms with van der Waals surface area (Å²) in [6.07, 6.45) is 3.84. The molecule has 0 atom stereocenters. The zero-order valence-electron chi connectivity index (χ0n) is 13.3. The van der Waals surface area contributed by atoms with Gasteiger partial charge < -0.3 is 10.2 Å². The first-order chi connectivity index (χ1) is 11.1. The SMILES string of the molecule is Cc1ccc(Cl)cc1C(=O)Nc1ccc(N2CCCCC2)cc1. The zero-order chi connectivity index (χ0) is 16.2. The van der Waals surface area contributed by atoms with E-state index in [-0.39, 0.29) is 5.91 Å². The van der Waals surface area contributed by atoms with Crippen LogP contribution >= 0.6 is 11.6 Å². The van der Waals surface area contributed by atoms with Crippen molar-refractivity contribution in [2.75, 3.05) is 23.3 Å². The summed E-state index contributed by atoms with van der Waals surface area (Å²) in [5, 5.41) is 3.51. The second kappa shape index (κ2) is 7.05. The maximum Gasteiger partial charge on any atom is 0.255 e. The molecule has 1 aliphatic rings. The first-order valence-electron chi connectivity index (χ1n) is 8.06. The second-order valence-electron chi connectivity index (χ2n) is 6.01. The first kappa shape index (κ1) is 15.9. The molecule has 0 aliphatic carbocycles. The van der Waals surface area contributed by atoms with Crippen LogP contribution in [0.15, 0.2) is 42.5 Å². The molecule has 0 bridgehead atoms. The molecule has 3 rings (SSSR count).